The van der Waals surface area contributed by atoms with Crippen LogP contribution in [0.25, 0.3) is 0 Å². The summed E-state index contributed by atoms with van der Waals surface area (Å²) in [6.07, 6.45) is 0.568. The van der Waals surface area contributed by atoms with Crippen molar-refractivity contribution in [3.05, 3.63) is 29.8 Å². The van der Waals surface area contributed by atoms with Gasteiger partial charge in [0.25, 0.3) is 0 Å². The van der Waals surface area contributed by atoms with Gasteiger partial charge < -0.3 is 21.4 Å². The Labute approximate surface area is 124 Å². The molecule has 1 aromatic rings. The van der Waals surface area contributed by atoms with Crippen LogP contribution in [0.3, 0.4) is 0 Å². The predicted molar refractivity (Wildman–Crippen MR) is 80.2 cm³/mol. The Kier molecular flexibility index (Phi) is 6.60. The minimum Gasteiger partial charge on any atom is -0.409 e. The molecule has 0 amide bonds. The van der Waals surface area contributed by atoms with Crippen molar-refractivity contribution in [2.24, 2.45) is 10.9 Å². The number of aliphatic hydroxyl groups is 1. The quantitative estimate of drug-likeness (QED) is 0.230. The first-order valence-electron chi connectivity index (χ1n) is 6.55. The molecule has 0 aliphatic rings. The van der Waals surface area contributed by atoms with Crippen LogP contribution in [0.1, 0.15) is 18.9 Å². The Bertz CT molecular complexity index is 587. The van der Waals surface area contributed by atoms with Gasteiger partial charge in [0.05, 0.1) is 10.6 Å². The molecule has 1 unspecified atom stereocenters. The molecule has 1 atom stereocenters. The van der Waals surface area contributed by atoms with Crippen LogP contribution in [-0.4, -0.2) is 49.5 Å². The molecule has 0 aromatic heterocycles. The lowest BCUT2D eigenvalue weighted by atomic mass is 10.2. The van der Waals surface area contributed by atoms with Crippen LogP contribution in [0.5, 0.6) is 0 Å². The summed E-state index contributed by atoms with van der Waals surface area (Å²) in [6, 6.07) is 6.01. The lowest BCUT2D eigenvalue weighted by molar-refractivity contribution is 0.270. The molecule has 0 saturated heterocycles. The topological polar surface area (TPSA) is 125 Å². The molecule has 0 radical (unpaired) electrons. The van der Waals surface area contributed by atoms with Crippen molar-refractivity contribution in [2.45, 2.75) is 24.3 Å². The normalized spacial score (nSPS) is 14.1. The molecule has 0 fully saturated rings. The molecule has 0 heterocycles. The Morgan fingerprint density at radius 3 is 2.81 bits per heavy atom. The third-order valence-corrected chi connectivity index (χ3v) is 4.74. The average molecular weight is 315 g/mol. The van der Waals surface area contributed by atoms with Gasteiger partial charge in [-0.1, -0.05) is 17.3 Å². The van der Waals surface area contributed by atoms with Gasteiger partial charge in [0.2, 0.25) is 0 Å². The Balaban J connectivity index is 2.75. The summed E-state index contributed by atoms with van der Waals surface area (Å²) in [5.41, 5.74) is 5.80. The first-order chi connectivity index (χ1) is 9.90. The molecule has 0 aliphatic carbocycles. The number of hydrogen-bond acceptors (Lipinski definition) is 6. The fraction of sp³-hybridized carbons (Fsp3) is 0.462. The van der Waals surface area contributed by atoms with Gasteiger partial charge in [-0.15, -0.1) is 0 Å². The van der Waals surface area contributed by atoms with E-state index in [1.165, 1.54) is 12.1 Å². The van der Waals surface area contributed by atoms with Crippen LogP contribution < -0.4 is 11.1 Å². The van der Waals surface area contributed by atoms with E-state index in [-0.39, 0.29) is 35.7 Å². The van der Waals surface area contributed by atoms with E-state index in [0.29, 0.717) is 12.0 Å². The Morgan fingerprint density at radius 1 is 1.48 bits per heavy atom. The predicted octanol–water partition coefficient (Wildman–Crippen LogP) is -0.0847. The summed E-state index contributed by atoms with van der Waals surface area (Å²) in [5, 5.41) is 23.3. The van der Waals surface area contributed by atoms with E-state index in [9.17, 15) is 8.42 Å². The lowest BCUT2D eigenvalue weighted by Gasteiger charge is -2.12. The first kappa shape index (κ1) is 17.4. The molecular formula is C13H21N3O4S. The molecule has 0 bridgehead atoms. The zero-order valence-corrected chi connectivity index (χ0v) is 12.7. The maximum absolute atomic E-state index is 12.2. The fourth-order valence-corrected chi connectivity index (χ4v) is 2.97. The van der Waals surface area contributed by atoms with Gasteiger partial charge >= 0.3 is 0 Å². The van der Waals surface area contributed by atoms with Gasteiger partial charge in [0, 0.05) is 24.8 Å². The maximum Gasteiger partial charge on any atom is 0.179 e. The Hall–Kier alpha value is -1.64. The van der Waals surface area contributed by atoms with Gasteiger partial charge in [-0.25, -0.2) is 8.42 Å². The highest BCUT2D eigenvalue weighted by Gasteiger charge is 2.15. The second-order valence-corrected chi connectivity index (χ2v) is 6.81. The van der Waals surface area contributed by atoms with Crippen LogP contribution in [0.4, 0.5) is 0 Å². The van der Waals surface area contributed by atoms with Crippen LogP contribution in [0.15, 0.2) is 34.3 Å². The second-order valence-electron chi connectivity index (χ2n) is 4.70. The van der Waals surface area contributed by atoms with E-state index in [2.05, 4.69) is 10.5 Å². The van der Waals surface area contributed by atoms with Crippen molar-refractivity contribution in [1.82, 2.24) is 5.32 Å². The number of benzene rings is 1. The van der Waals surface area contributed by atoms with Crippen LogP contribution >= 0.6 is 0 Å². The fourth-order valence-electron chi connectivity index (χ4n) is 1.76. The van der Waals surface area contributed by atoms with Crippen molar-refractivity contribution in [2.75, 3.05) is 18.9 Å². The largest absolute Gasteiger partial charge is 0.409 e. The number of nitrogens with zero attached hydrogens (tertiary/aromatic N) is 1. The van der Waals surface area contributed by atoms with Crippen LogP contribution in [0.2, 0.25) is 0 Å². The number of rotatable bonds is 8. The van der Waals surface area contributed by atoms with Crippen LogP contribution in [0, 0.1) is 0 Å². The number of hydrogen-bond donors (Lipinski definition) is 4. The van der Waals surface area contributed by atoms with Gasteiger partial charge in [-0.2, -0.15) is 0 Å². The lowest BCUT2D eigenvalue weighted by Crippen LogP contribution is -2.31. The molecule has 0 saturated carbocycles. The van der Waals surface area contributed by atoms with Gasteiger partial charge in [0.15, 0.2) is 15.7 Å². The molecule has 0 spiro atoms. The second kappa shape index (κ2) is 7.96. The molecule has 7 nitrogen and oxygen atoms in total. The molecule has 118 valence electrons. The number of amidine groups is 1. The van der Waals surface area contributed by atoms with Crippen LogP contribution in [-0.2, 0) is 9.84 Å². The molecule has 1 rings (SSSR count). The summed E-state index contributed by atoms with van der Waals surface area (Å²) in [5.74, 6) is -0.204. The van der Waals surface area contributed by atoms with Crippen molar-refractivity contribution in [3.63, 3.8) is 0 Å². The maximum atomic E-state index is 12.2. The highest BCUT2D eigenvalue weighted by atomic mass is 32.2. The minimum absolute atomic E-state index is 0.0497. The monoisotopic (exact) mass is 315 g/mol. The van der Waals surface area contributed by atoms with Crippen molar-refractivity contribution >= 4 is 15.7 Å². The van der Waals surface area contributed by atoms with Gasteiger partial charge in [-0.05, 0) is 25.5 Å². The number of aliphatic hydroxyl groups excluding tert-OH is 1. The van der Waals surface area contributed by atoms with E-state index in [0.717, 1.165) is 0 Å². The number of sulfone groups is 1. The highest BCUT2D eigenvalue weighted by molar-refractivity contribution is 7.91. The van der Waals surface area contributed by atoms with Gasteiger partial charge in [-0.3, -0.25) is 0 Å². The summed E-state index contributed by atoms with van der Waals surface area (Å²) in [6.45, 7) is 2.22. The number of nitrogens with two attached hydrogens (primary N) is 1. The minimum atomic E-state index is -3.45. The highest BCUT2D eigenvalue weighted by Crippen LogP contribution is 2.13. The third-order valence-electron chi connectivity index (χ3n) is 3.02. The van der Waals surface area contributed by atoms with Crippen molar-refractivity contribution in [3.8, 4) is 0 Å². The van der Waals surface area contributed by atoms with E-state index >= 15 is 0 Å². The summed E-state index contributed by atoms with van der Waals surface area (Å²) >= 11 is 0. The molecule has 5 N–H and O–H groups in total. The van der Waals surface area contributed by atoms with E-state index in [4.69, 9.17) is 16.0 Å². The van der Waals surface area contributed by atoms with E-state index in [1.54, 1.807) is 12.1 Å². The summed E-state index contributed by atoms with van der Waals surface area (Å²) < 4.78 is 24.4. The first-order valence-corrected chi connectivity index (χ1v) is 8.21. The van der Waals surface area contributed by atoms with Gasteiger partial charge in [0.1, 0.15) is 0 Å². The third kappa shape index (κ3) is 5.33. The average Bonchev–Trinajstić information content (AvgIpc) is 2.46. The van der Waals surface area contributed by atoms with E-state index in [1.807, 2.05) is 6.92 Å². The molecular weight excluding hydrogens is 294 g/mol. The SMILES string of the molecule is CC(CCO)NCCS(=O)(=O)c1cccc(/C(N)=N/O)c1. The summed E-state index contributed by atoms with van der Waals surface area (Å²) in [7, 11) is -3.45. The molecule has 21 heavy (non-hydrogen) atoms. The number of oxime groups is 1. The van der Waals surface area contributed by atoms with Crippen molar-refractivity contribution in [1.29, 1.82) is 0 Å². The smallest absolute Gasteiger partial charge is 0.179 e. The molecule has 0 aliphatic heterocycles. The molecule has 1 aromatic carbocycles. The zero-order chi connectivity index (χ0) is 15.9. The number of nitrogens with one attached hydrogen (secondary N) is 1. The summed E-state index contributed by atoms with van der Waals surface area (Å²) in [4.78, 5) is 0.128. The Morgan fingerprint density at radius 2 is 2.19 bits per heavy atom. The van der Waals surface area contributed by atoms with E-state index < -0.39 is 9.84 Å². The molecule has 8 heteroatoms. The standard InChI is InChI=1S/C13H21N3O4S/c1-10(5-7-17)15-6-8-21(19,20)12-4-2-3-11(9-12)13(14)16-18/h2-4,9-10,15,17-18H,5-8H2,1H3,(H2,14,16). The zero-order valence-electron chi connectivity index (χ0n) is 11.9. The van der Waals surface area contributed by atoms with Crippen molar-refractivity contribution < 1.29 is 18.7 Å².